The number of likely N-dealkylation sites (tertiary alicyclic amines) is 1. The van der Waals surface area contributed by atoms with Gasteiger partial charge in [-0.05, 0) is 44.0 Å². The minimum Gasteiger partial charge on any atom is -0.459 e. The molecule has 3 aromatic rings. The molecule has 0 spiro atoms. The number of amides is 2. The standard InChI is InChI=1S/C20H22N4O4/c1-13(21-18(25)17-7-4-12-28-17)19(26)23-10-8-14(9-11-23)24-16-6-3-2-5-15(16)22-20(24)27/h2-7,12-14H,8-11H2,1H3,(H,21,25)(H,22,27). The van der Waals surface area contributed by atoms with E-state index in [1.54, 1.807) is 28.5 Å². The quantitative estimate of drug-likeness (QED) is 0.720. The summed E-state index contributed by atoms with van der Waals surface area (Å²) in [6.07, 6.45) is 2.79. The van der Waals surface area contributed by atoms with E-state index in [-0.39, 0.29) is 23.4 Å². The molecule has 2 N–H and O–H groups in total. The van der Waals surface area contributed by atoms with Crippen LogP contribution in [-0.4, -0.2) is 45.4 Å². The number of carbonyl (C=O) groups is 2. The Morgan fingerprint density at radius 3 is 2.64 bits per heavy atom. The molecule has 4 rings (SSSR count). The van der Waals surface area contributed by atoms with Gasteiger partial charge >= 0.3 is 5.69 Å². The fourth-order valence-electron chi connectivity index (χ4n) is 3.79. The fraction of sp³-hybridized carbons (Fsp3) is 0.350. The van der Waals surface area contributed by atoms with E-state index < -0.39 is 11.9 Å². The van der Waals surface area contributed by atoms with Crippen molar-refractivity contribution in [1.82, 2.24) is 19.8 Å². The van der Waals surface area contributed by atoms with E-state index >= 15 is 0 Å². The number of aromatic amines is 1. The highest BCUT2D eigenvalue weighted by atomic mass is 16.3. The Hall–Kier alpha value is -3.29. The van der Waals surface area contributed by atoms with E-state index in [0.717, 1.165) is 11.0 Å². The van der Waals surface area contributed by atoms with Crippen molar-refractivity contribution in [2.24, 2.45) is 0 Å². The summed E-state index contributed by atoms with van der Waals surface area (Å²) < 4.78 is 6.84. The molecule has 146 valence electrons. The Bertz CT molecular complexity index is 1040. The second kappa shape index (κ2) is 7.38. The molecule has 1 unspecified atom stereocenters. The van der Waals surface area contributed by atoms with Crippen LogP contribution in [0.1, 0.15) is 36.4 Å². The SMILES string of the molecule is CC(NC(=O)c1ccco1)C(=O)N1CCC(n2c(=O)[nH]c3ccccc32)CC1. The van der Waals surface area contributed by atoms with Gasteiger partial charge in [-0.1, -0.05) is 12.1 Å². The summed E-state index contributed by atoms with van der Waals surface area (Å²) in [5.74, 6) is -0.368. The third-order valence-corrected chi connectivity index (χ3v) is 5.23. The summed E-state index contributed by atoms with van der Waals surface area (Å²) in [5.41, 5.74) is 1.58. The zero-order valence-electron chi connectivity index (χ0n) is 15.6. The van der Waals surface area contributed by atoms with E-state index in [9.17, 15) is 14.4 Å². The molecule has 0 aliphatic carbocycles. The Morgan fingerprint density at radius 1 is 1.18 bits per heavy atom. The first kappa shape index (κ1) is 18.1. The number of nitrogens with one attached hydrogen (secondary N) is 2. The smallest absolute Gasteiger partial charge is 0.326 e. The number of aromatic nitrogens is 2. The maximum absolute atomic E-state index is 12.7. The molecule has 1 aromatic carbocycles. The van der Waals surface area contributed by atoms with E-state index in [2.05, 4.69) is 10.3 Å². The highest BCUT2D eigenvalue weighted by Crippen LogP contribution is 2.25. The lowest BCUT2D eigenvalue weighted by molar-refractivity contribution is -0.134. The summed E-state index contributed by atoms with van der Waals surface area (Å²) in [4.78, 5) is 41.7. The molecule has 2 amide bonds. The molecule has 0 saturated carbocycles. The van der Waals surface area contributed by atoms with Gasteiger partial charge in [0.05, 0.1) is 17.3 Å². The molecule has 3 heterocycles. The topological polar surface area (TPSA) is 100 Å². The average Bonchev–Trinajstić information content (AvgIpc) is 3.35. The highest BCUT2D eigenvalue weighted by molar-refractivity contribution is 5.95. The number of benzene rings is 1. The van der Waals surface area contributed by atoms with Crippen LogP contribution < -0.4 is 11.0 Å². The summed E-state index contributed by atoms with van der Waals surface area (Å²) >= 11 is 0. The van der Waals surface area contributed by atoms with Gasteiger partial charge in [0, 0.05) is 19.1 Å². The number of imidazole rings is 1. The second-order valence-corrected chi connectivity index (χ2v) is 7.05. The number of fused-ring (bicyclic) bond motifs is 1. The molecule has 1 aliphatic heterocycles. The van der Waals surface area contributed by atoms with Gasteiger partial charge in [-0.2, -0.15) is 0 Å². The Balaban J connectivity index is 1.39. The van der Waals surface area contributed by atoms with Crippen LogP contribution in [0.5, 0.6) is 0 Å². The molecule has 28 heavy (non-hydrogen) atoms. The van der Waals surface area contributed by atoms with Crippen molar-refractivity contribution in [3.63, 3.8) is 0 Å². The lowest BCUT2D eigenvalue weighted by atomic mass is 10.0. The molecule has 8 heteroatoms. The van der Waals surface area contributed by atoms with E-state index in [1.807, 2.05) is 24.3 Å². The number of piperidine rings is 1. The average molecular weight is 382 g/mol. The molecular weight excluding hydrogens is 360 g/mol. The van der Waals surface area contributed by atoms with Crippen molar-refractivity contribution in [3.8, 4) is 0 Å². The van der Waals surface area contributed by atoms with Crippen molar-refractivity contribution in [3.05, 3.63) is 58.9 Å². The predicted molar refractivity (Wildman–Crippen MR) is 103 cm³/mol. The first-order valence-electron chi connectivity index (χ1n) is 9.37. The summed E-state index contributed by atoms with van der Waals surface area (Å²) in [7, 11) is 0. The van der Waals surface area contributed by atoms with Gasteiger partial charge < -0.3 is 19.6 Å². The molecule has 2 aromatic heterocycles. The third kappa shape index (κ3) is 3.33. The Kier molecular flexibility index (Phi) is 4.77. The lowest BCUT2D eigenvalue weighted by Gasteiger charge is -2.34. The van der Waals surface area contributed by atoms with Gasteiger partial charge in [-0.15, -0.1) is 0 Å². The molecule has 1 fully saturated rings. The Morgan fingerprint density at radius 2 is 1.93 bits per heavy atom. The van der Waals surface area contributed by atoms with Crippen LogP contribution in [0.3, 0.4) is 0 Å². The maximum atomic E-state index is 12.7. The zero-order valence-corrected chi connectivity index (χ0v) is 15.6. The molecule has 1 atom stereocenters. The van der Waals surface area contributed by atoms with Gasteiger partial charge in [0.25, 0.3) is 5.91 Å². The largest absolute Gasteiger partial charge is 0.459 e. The molecule has 1 saturated heterocycles. The van der Waals surface area contributed by atoms with Crippen LogP contribution in [-0.2, 0) is 4.79 Å². The van der Waals surface area contributed by atoms with Gasteiger partial charge in [0.1, 0.15) is 6.04 Å². The van der Waals surface area contributed by atoms with E-state index in [4.69, 9.17) is 4.42 Å². The lowest BCUT2D eigenvalue weighted by Crippen LogP contribution is -2.49. The number of hydrogen-bond donors (Lipinski definition) is 2. The number of H-pyrrole nitrogens is 1. The summed E-state index contributed by atoms with van der Waals surface area (Å²) in [6, 6.07) is 10.2. The number of hydrogen-bond acceptors (Lipinski definition) is 4. The molecule has 1 aliphatic rings. The first-order chi connectivity index (χ1) is 13.5. The monoisotopic (exact) mass is 382 g/mol. The number of para-hydroxylation sites is 2. The van der Waals surface area contributed by atoms with Crippen molar-refractivity contribution >= 4 is 22.8 Å². The van der Waals surface area contributed by atoms with Gasteiger partial charge in [-0.25, -0.2) is 4.79 Å². The van der Waals surface area contributed by atoms with Crippen molar-refractivity contribution in [2.75, 3.05) is 13.1 Å². The van der Waals surface area contributed by atoms with Crippen LogP contribution in [0.15, 0.2) is 51.9 Å². The third-order valence-electron chi connectivity index (χ3n) is 5.23. The van der Waals surface area contributed by atoms with Crippen LogP contribution in [0.4, 0.5) is 0 Å². The molecule has 0 radical (unpaired) electrons. The van der Waals surface area contributed by atoms with Crippen molar-refractivity contribution in [1.29, 1.82) is 0 Å². The van der Waals surface area contributed by atoms with Crippen LogP contribution >= 0.6 is 0 Å². The van der Waals surface area contributed by atoms with Crippen LogP contribution in [0.25, 0.3) is 11.0 Å². The Labute approximate surface area is 161 Å². The van der Waals surface area contributed by atoms with Crippen LogP contribution in [0, 0.1) is 0 Å². The highest BCUT2D eigenvalue weighted by Gasteiger charge is 2.29. The van der Waals surface area contributed by atoms with Gasteiger partial charge in [0.2, 0.25) is 5.91 Å². The number of furan rings is 1. The zero-order chi connectivity index (χ0) is 19.7. The van der Waals surface area contributed by atoms with Crippen molar-refractivity contribution < 1.29 is 14.0 Å². The first-order valence-corrected chi connectivity index (χ1v) is 9.37. The number of carbonyl (C=O) groups excluding carboxylic acids is 2. The second-order valence-electron chi connectivity index (χ2n) is 7.05. The van der Waals surface area contributed by atoms with Gasteiger partial charge in [0.15, 0.2) is 5.76 Å². The maximum Gasteiger partial charge on any atom is 0.326 e. The van der Waals surface area contributed by atoms with E-state index in [0.29, 0.717) is 25.9 Å². The minimum absolute atomic E-state index is 0.0423. The van der Waals surface area contributed by atoms with Gasteiger partial charge in [-0.3, -0.25) is 14.2 Å². The minimum atomic E-state index is -0.648. The molecule has 0 bridgehead atoms. The summed E-state index contributed by atoms with van der Waals surface area (Å²) in [6.45, 7) is 2.74. The van der Waals surface area contributed by atoms with Crippen molar-refractivity contribution in [2.45, 2.75) is 31.8 Å². The molecular formula is C20H22N4O4. The number of nitrogens with zero attached hydrogens (tertiary/aromatic N) is 2. The predicted octanol–water partition coefficient (Wildman–Crippen LogP) is 1.90. The normalized spacial score (nSPS) is 16.2. The summed E-state index contributed by atoms with van der Waals surface area (Å²) in [5, 5.41) is 2.67. The fourth-order valence-corrected chi connectivity index (χ4v) is 3.79. The van der Waals surface area contributed by atoms with Crippen LogP contribution in [0.2, 0.25) is 0 Å². The van der Waals surface area contributed by atoms with E-state index in [1.165, 1.54) is 6.26 Å². The molecule has 8 nitrogen and oxygen atoms in total. The number of rotatable bonds is 4.